The fourth-order valence-electron chi connectivity index (χ4n) is 1.41. The van der Waals surface area contributed by atoms with E-state index < -0.39 is 0 Å². The van der Waals surface area contributed by atoms with Gasteiger partial charge in [-0.05, 0) is 19.1 Å². The maximum Gasteiger partial charge on any atom is 0.253 e. The monoisotopic (exact) mass is 285 g/mol. The lowest BCUT2D eigenvalue weighted by atomic mass is 10.1. The molecular formula is C12H13Cl2N3O. The first-order valence-corrected chi connectivity index (χ1v) is 6.02. The molecule has 0 fully saturated rings. The lowest BCUT2D eigenvalue weighted by Crippen LogP contribution is -2.34. The van der Waals surface area contributed by atoms with E-state index >= 15 is 0 Å². The molecule has 1 amide bonds. The van der Waals surface area contributed by atoms with E-state index in [1.807, 2.05) is 6.07 Å². The molecule has 18 heavy (non-hydrogen) atoms. The largest absolute Gasteiger partial charge is 0.397 e. The minimum atomic E-state index is -0.247. The van der Waals surface area contributed by atoms with Gasteiger partial charge in [-0.3, -0.25) is 4.79 Å². The number of nitriles is 1. The summed E-state index contributed by atoms with van der Waals surface area (Å²) >= 11 is 11.7. The van der Waals surface area contributed by atoms with E-state index in [4.69, 9.17) is 34.2 Å². The minimum Gasteiger partial charge on any atom is -0.397 e. The number of benzene rings is 1. The summed E-state index contributed by atoms with van der Waals surface area (Å²) in [4.78, 5) is 13.6. The maximum absolute atomic E-state index is 12.1. The Hall–Kier alpha value is -1.44. The number of nitrogens with two attached hydrogens (primary N) is 1. The van der Waals surface area contributed by atoms with Crippen molar-refractivity contribution in [1.82, 2.24) is 4.90 Å². The van der Waals surface area contributed by atoms with Gasteiger partial charge in [0.1, 0.15) is 0 Å². The van der Waals surface area contributed by atoms with E-state index in [1.165, 1.54) is 17.0 Å². The van der Waals surface area contributed by atoms with Crippen LogP contribution in [0.25, 0.3) is 0 Å². The van der Waals surface area contributed by atoms with Crippen LogP contribution >= 0.6 is 23.2 Å². The van der Waals surface area contributed by atoms with Gasteiger partial charge in [0.2, 0.25) is 0 Å². The van der Waals surface area contributed by atoms with Crippen LogP contribution in [0.1, 0.15) is 23.7 Å². The number of nitrogen functional groups attached to an aromatic ring is 1. The normalized spacial score (nSPS) is 11.7. The molecule has 1 aromatic carbocycles. The zero-order chi connectivity index (χ0) is 13.9. The second kappa shape index (κ2) is 5.94. The molecule has 1 unspecified atom stereocenters. The number of amides is 1. The summed E-state index contributed by atoms with van der Waals surface area (Å²) < 4.78 is 0. The Morgan fingerprint density at radius 2 is 2.17 bits per heavy atom. The molecule has 0 aromatic heterocycles. The van der Waals surface area contributed by atoms with Crippen LogP contribution in [0.5, 0.6) is 0 Å². The molecule has 0 aliphatic carbocycles. The van der Waals surface area contributed by atoms with Gasteiger partial charge < -0.3 is 10.6 Å². The van der Waals surface area contributed by atoms with Crippen LogP contribution in [-0.4, -0.2) is 23.9 Å². The number of nitrogens with zero attached hydrogens (tertiary/aromatic N) is 2. The Labute approximate surface area is 116 Å². The first-order chi connectivity index (χ1) is 8.38. The molecule has 6 heteroatoms. The summed E-state index contributed by atoms with van der Waals surface area (Å²) in [7, 11) is 1.63. The smallest absolute Gasteiger partial charge is 0.253 e. The van der Waals surface area contributed by atoms with E-state index in [9.17, 15) is 4.79 Å². The zero-order valence-electron chi connectivity index (χ0n) is 10.1. The van der Waals surface area contributed by atoms with Crippen molar-refractivity contribution in [1.29, 1.82) is 5.26 Å². The zero-order valence-corrected chi connectivity index (χ0v) is 11.6. The van der Waals surface area contributed by atoms with Gasteiger partial charge in [-0.2, -0.15) is 5.26 Å². The van der Waals surface area contributed by atoms with E-state index in [0.29, 0.717) is 5.56 Å². The summed E-state index contributed by atoms with van der Waals surface area (Å²) in [5.41, 5.74) is 6.27. The summed E-state index contributed by atoms with van der Waals surface area (Å²) in [6.45, 7) is 1.79. The molecule has 0 radical (unpaired) electrons. The highest BCUT2D eigenvalue weighted by Crippen LogP contribution is 2.29. The van der Waals surface area contributed by atoms with E-state index in [2.05, 4.69) is 0 Å². The number of carbonyl (C=O) groups excluding carboxylic acids is 1. The third-order valence-corrected chi connectivity index (χ3v) is 3.49. The van der Waals surface area contributed by atoms with Crippen LogP contribution in [0.15, 0.2) is 12.1 Å². The fourth-order valence-corrected chi connectivity index (χ4v) is 1.74. The van der Waals surface area contributed by atoms with Gasteiger partial charge in [-0.25, -0.2) is 0 Å². The van der Waals surface area contributed by atoms with Crippen LogP contribution in [0.2, 0.25) is 10.0 Å². The molecule has 1 atom stereocenters. The third-order valence-electron chi connectivity index (χ3n) is 2.67. The highest BCUT2D eigenvalue weighted by atomic mass is 35.5. The van der Waals surface area contributed by atoms with Gasteiger partial charge >= 0.3 is 0 Å². The standard InChI is InChI=1S/C12H13Cl2N3O/c1-7(3-4-15)17(2)12(18)8-5-9(13)11(14)10(16)6-8/h5-7H,3,16H2,1-2H3. The molecule has 0 saturated carbocycles. The molecule has 0 aliphatic rings. The minimum absolute atomic E-state index is 0.182. The first-order valence-electron chi connectivity index (χ1n) is 5.27. The average molecular weight is 286 g/mol. The molecule has 1 aromatic rings. The molecular weight excluding hydrogens is 273 g/mol. The average Bonchev–Trinajstić information content (AvgIpc) is 2.33. The van der Waals surface area contributed by atoms with Crippen LogP contribution < -0.4 is 5.73 Å². The fraction of sp³-hybridized carbons (Fsp3) is 0.333. The van der Waals surface area contributed by atoms with E-state index in [1.54, 1.807) is 14.0 Å². The molecule has 0 spiro atoms. The molecule has 96 valence electrons. The van der Waals surface area contributed by atoms with Crippen LogP contribution in [0.3, 0.4) is 0 Å². The SMILES string of the molecule is CC(CC#N)N(C)C(=O)c1cc(N)c(Cl)c(Cl)c1. The second-order valence-electron chi connectivity index (χ2n) is 3.99. The lowest BCUT2D eigenvalue weighted by Gasteiger charge is -2.23. The van der Waals surface area contributed by atoms with Gasteiger partial charge in [0.05, 0.1) is 28.2 Å². The number of hydrogen-bond donors (Lipinski definition) is 1. The van der Waals surface area contributed by atoms with Crippen molar-refractivity contribution in [2.24, 2.45) is 0 Å². The second-order valence-corrected chi connectivity index (χ2v) is 4.77. The van der Waals surface area contributed by atoms with Crippen LogP contribution in [0, 0.1) is 11.3 Å². The summed E-state index contributed by atoms with van der Waals surface area (Å²) in [5.74, 6) is -0.247. The van der Waals surface area contributed by atoms with Crippen molar-refractivity contribution in [2.75, 3.05) is 12.8 Å². The van der Waals surface area contributed by atoms with Gasteiger partial charge in [-0.1, -0.05) is 23.2 Å². The third kappa shape index (κ3) is 3.06. The Morgan fingerprint density at radius 1 is 1.56 bits per heavy atom. The number of anilines is 1. The Balaban J connectivity index is 3.01. The number of rotatable bonds is 3. The van der Waals surface area contributed by atoms with Crippen molar-refractivity contribution in [2.45, 2.75) is 19.4 Å². The number of halogens is 2. The Morgan fingerprint density at radius 3 is 2.67 bits per heavy atom. The molecule has 0 saturated heterocycles. The first kappa shape index (κ1) is 14.6. The topological polar surface area (TPSA) is 70.1 Å². The van der Waals surface area contributed by atoms with E-state index in [0.717, 1.165) is 0 Å². The Bertz CT molecular complexity index is 488. The van der Waals surface area contributed by atoms with Crippen molar-refractivity contribution < 1.29 is 4.79 Å². The molecule has 4 nitrogen and oxygen atoms in total. The predicted octanol–water partition coefficient (Wildman–Crippen LogP) is 2.95. The summed E-state index contributed by atoms with van der Waals surface area (Å²) in [5, 5.41) is 9.09. The van der Waals surface area contributed by atoms with E-state index in [-0.39, 0.29) is 34.1 Å². The quantitative estimate of drug-likeness (QED) is 0.868. The lowest BCUT2D eigenvalue weighted by molar-refractivity contribution is 0.0746. The van der Waals surface area contributed by atoms with Gasteiger partial charge in [0.25, 0.3) is 5.91 Å². The van der Waals surface area contributed by atoms with Crippen molar-refractivity contribution in [3.8, 4) is 6.07 Å². The van der Waals surface area contributed by atoms with Gasteiger partial charge in [0.15, 0.2) is 0 Å². The molecule has 1 rings (SSSR count). The van der Waals surface area contributed by atoms with Crippen molar-refractivity contribution >= 4 is 34.8 Å². The molecule has 2 N–H and O–H groups in total. The van der Waals surface area contributed by atoms with Crippen LogP contribution in [-0.2, 0) is 0 Å². The highest BCUT2D eigenvalue weighted by molar-refractivity contribution is 6.43. The molecule has 0 heterocycles. The number of hydrogen-bond acceptors (Lipinski definition) is 3. The molecule has 0 aliphatic heterocycles. The number of carbonyl (C=O) groups is 1. The maximum atomic E-state index is 12.1. The van der Waals surface area contributed by atoms with Crippen molar-refractivity contribution in [3.63, 3.8) is 0 Å². The van der Waals surface area contributed by atoms with Crippen LogP contribution in [0.4, 0.5) is 5.69 Å². The Kier molecular flexibility index (Phi) is 4.83. The van der Waals surface area contributed by atoms with Crippen molar-refractivity contribution in [3.05, 3.63) is 27.7 Å². The molecule has 0 bridgehead atoms. The highest BCUT2D eigenvalue weighted by Gasteiger charge is 2.19. The predicted molar refractivity (Wildman–Crippen MR) is 72.7 cm³/mol. The van der Waals surface area contributed by atoms with Gasteiger partial charge in [-0.15, -0.1) is 0 Å². The summed E-state index contributed by atoms with van der Waals surface area (Å²) in [6, 6.07) is 4.79. The summed E-state index contributed by atoms with van der Waals surface area (Å²) in [6.07, 6.45) is 0.263. The van der Waals surface area contributed by atoms with Gasteiger partial charge in [0, 0.05) is 18.7 Å².